The van der Waals surface area contributed by atoms with Crippen molar-refractivity contribution < 1.29 is 9.72 Å². The molecule has 1 aromatic carbocycles. The number of hydrogen-bond acceptors (Lipinski definition) is 3. The van der Waals surface area contributed by atoms with Crippen LogP contribution in [-0.2, 0) is 4.79 Å². The topological polar surface area (TPSA) is 72.2 Å². The first-order valence-electron chi connectivity index (χ1n) is 8.76. The minimum Gasteiger partial charge on any atom is -0.347 e. The third-order valence-corrected chi connectivity index (χ3v) is 5.96. The van der Waals surface area contributed by atoms with E-state index in [-0.39, 0.29) is 17.1 Å². The van der Waals surface area contributed by atoms with Crippen LogP contribution in [0.3, 0.4) is 0 Å². The summed E-state index contributed by atoms with van der Waals surface area (Å²) in [4.78, 5) is 22.6. The van der Waals surface area contributed by atoms with Gasteiger partial charge in [-0.2, -0.15) is 0 Å². The zero-order valence-corrected chi connectivity index (χ0v) is 13.6. The lowest BCUT2D eigenvalue weighted by molar-refractivity contribution is -0.384. The number of carbonyl (C=O) groups is 1. The largest absolute Gasteiger partial charge is 0.347 e. The van der Waals surface area contributed by atoms with Crippen molar-refractivity contribution in [3.05, 3.63) is 46.0 Å². The number of carbonyl (C=O) groups excluding carboxylic acids is 1. The highest BCUT2D eigenvalue weighted by Crippen LogP contribution is 2.55. The molecule has 0 unspecified atom stereocenters. The Hall–Kier alpha value is -2.17. The minimum absolute atomic E-state index is 0.0195. The number of nitro groups is 1. The number of benzene rings is 1. The fourth-order valence-electron chi connectivity index (χ4n) is 5.45. The fourth-order valence-corrected chi connectivity index (χ4v) is 5.45. The van der Waals surface area contributed by atoms with Crippen LogP contribution >= 0.6 is 0 Å². The zero-order chi connectivity index (χ0) is 16.7. The van der Waals surface area contributed by atoms with Gasteiger partial charge in [0, 0.05) is 23.7 Å². The molecule has 1 amide bonds. The SMILES string of the molecule is O=C(/C=C/c1ccc([N+](=O)[O-])cc1)NC12CC3CC(CC(C3)C1)C2. The molecule has 1 N–H and O–H groups in total. The summed E-state index contributed by atoms with van der Waals surface area (Å²) in [5, 5.41) is 13.9. The minimum atomic E-state index is -0.423. The van der Waals surface area contributed by atoms with E-state index in [2.05, 4.69) is 5.32 Å². The summed E-state index contributed by atoms with van der Waals surface area (Å²) in [5.41, 5.74) is 0.873. The highest BCUT2D eigenvalue weighted by molar-refractivity contribution is 5.92. The summed E-state index contributed by atoms with van der Waals surface area (Å²) in [6.07, 6.45) is 10.7. The molecule has 0 atom stereocenters. The second kappa shape index (κ2) is 5.72. The smallest absolute Gasteiger partial charge is 0.269 e. The molecule has 1 aromatic rings. The third kappa shape index (κ3) is 2.95. The quantitative estimate of drug-likeness (QED) is 0.521. The van der Waals surface area contributed by atoms with Crippen molar-refractivity contribution in [1.29, 1.82) is 0 Å². The predicted molar refractivity (Wildman–Crippen MR) is 91.2 cm³/mol. The van der Waals surface area contributed by atoms with E-state index in [4.69, 9.17) is 0 Å². The summed E-state index contributed by atoms with van der Waals surface area (Å²) in [5.74, 6) is 2.36. The lowest BCUT2D eigenvalue weighted by Crippen LogP contribution is -2.59. The molecule has 5 nitrogen and oxygen atoms in total. The number of nitro benzene ring substituents is 1. The summed E-state index contributed by atoms with van der Waals surface area (Å²) in [6.45, 7) is 0. The van der Waals surface area contributed by atoms with Crippen molar-refractivity contribution in [3.8, 4) is 0 Å². The van der Waals surface area contributed by atoms with Crippen LogP contribution in [0.1, 0.15) is 44.1 Å². The van der Waals surface area contributed by atoms with Crippen LogP contribution in [0.15, 0.2) is 30.3 Å². The van der Waals surface area contributed by atoms with Gasteiger partial charge >= 0.3 is 0 Å². The Labute approximate surface area is 141 Å². The van der Waals surface area contributed by atoms with E-state index < -0.39 is 4.92 Å². The molecule has 4 bridgehead atoms. The van der Waals surface area contributed by atoms with Gasteiger partial charge in [-0.15, -0.1) is 0 Å². The van der Waals surface area contributed by atoms with Gasteiger partial charge in [-0.3, -0.25) is 14.9 Å². The van der Waals surface area contributed by atoms with Gasteiger partial charge in [0.25, 0.3) is 5.69 Å². The normalized spacial score (nSPS) is 33.8. The highest BCUT2D eigenvalue weighted by atomic mass is 16.6. The van der Waals surface area contributed by atoms with Gasteiger partial charge in [0.1, 0.15) is 0 Å². The Kier molecular flexibility index (Phi) is 3.66. The van der Waals surface area contributed by atoms with Crippen LogP contribution in [0.25, 0.3) is 6.08 Å². The van der Waals surface area contributed by atoms with Crippen LogP contribution < -0.4 is 5.32 Å². The molecule has 0 saturated heterocycles. The molecule has 0 aromatic heterocycles. The molecule has 5 heteroatoms. The molecule has 4 aliphatic rings. The van der Waals surface area contributed by atoms with E-state index in [1.54, 1.807) is 24.3 Å². The number of amides is 1. The summed E-state index contributed by atoms with van der Waals surface area (Å²) in [7, 11) is 0. The van der Waals surface area contributed by atoms with Crippen molar-refractivity contribution >= 4 is 17.7 Å². The summed E-state index contributed by atoms with van der Waals surface area (Å²) in [6, 6.07) is 6.23. The number of rotatable bonds is 4. The molecular weight excluding hydrogens is 304 g/mol. The first kappa shape index (κ1) is 15.4. The van der Waals surface area contributed by atoms with Gasteiger partial charge in [-0.05, 0) is 80.1 Å². The Morgan fingerprint density at radius 3 is 2.12 bits per heavy atom. The highest BCUT2D eigenvalue weighted by Gasteiger charge is 2.51. The van der Waals surface area contributed by atoms with E-state index in [1.807, 2.05) is 0 Å². The van der Waals surface area contributed by atoms with Crippen LogP contribution in [0.4, 0.5) is 5.69 Å². The van der Waals surface area contributed by atoms with Crippen molar-refractivity contribution in [3.63, 3.8) is 0 Å². The molecule has 4 aliphatic carbocycles. The molecular formula is C19H22N2O3. The van der Waals surface area contributed by atoms with Crippen molar-refractivity contribution in [1.82, 2.24) is 5.32 Å². The molecule has 0 spiro atoms. The average molecular weight is 326 g/mol. The lowest BCUT2D eigenvalue weighted by atomic mass is 9.53. The van der Waals surface area contributed by atoms with Crippen LogP contribution in [0.2, 0.25) is 0 Å². The number of nitrogens with one attached hydrogen (secondary N) is 1. The second-order valence-corrected chi connectivity index (χ2v) is 7.87. The molecule has 24 heavy (non-hydrogen) atoms. The molecule has 4 fully saturated rings. The lowest BCUT2D eigenvalue weighted by Gasteiger charge is -2.56. The molecule has 4 saturated carbocycles. The van der Waals surface area contributed by atoms with Gasteiger partial charge in [0.15, 0.2) is 0 Å². The molecule has 0 aliphatic heterocycles. The van der Waals surface area contributed by atoms with E-state index in [1.165, 1.54) is 31.4 Å². The van der Waals surface area contributed by atoms with E-state index >= 15 is 0 Å². The fraction of sp³-hybridized carbons (Fsp3) is 0.526. The van der Waals surface area contributed by atoms with Crippen LogP contribution in [0.5, 0.6) is 0 Å². The van der Waals surface area contributed by atoms with Gasteiger partial charge in [-0.1, -0.05) is 0 Å². The monoisotopic (exact) mass is 326 g/mol. The van der Waals surface area contributed by atoms with Gasteiger partial charge in [0.2, 0.25) is 5.91 Å². The van der Waals surface area contributed by atoms with Crippen LogP contribution in [0, 0.1) is 27.9 Å². The summed E-state index contributed by atoms with van der Waals surface area (Å²) >= 11 is 0. The Morgan fingerprint density at radius 1 is 1.08 bits per heavy atom. The van der Waals surface area contributed by atoms with Crippen molar-refractivity contribution in [2.45, 2.75) is 44.1 Å². The Morgan fingerprint density at radius 2 is 1.62 bits per heavy atom. The summed E-state index contributed by atoms with van der Waals surface area (Å²) < 4.78 is 0. The Bertz CT molecular complexity index is 658. The van der Waals surface area contributed by atoms with E-state index in [0.717, 1.165) is 42.6 Å². The maximum absolute atomic E-state index is 12.4. The number of non-ortho nitro benzene ring substituents is 1. The van der Waals surface area contributed by atoms with E-state index in [0.29, 0.717) is 0 Å². The molecule has 0 radical (unpaired) electrons. The number of hydrogen-bond donors (Lipinski definition) is 1. The molecule has 0 heterocycles. The van der Waals surface area contributed by atoms with Gasteiger partial charge in [-0.25, -0.2) is 0 Å². The Balaban J connectivity index is 1.40. The van der Waals surface area contributed by atoms with Gasteiger partial charge < -0.3 is 5.32 Å². The van der Waals surface area contributed by atoms with Gasteiger partial charge in [0.05, 0.1) is 4.92 Å². The zero-order valence-electron chi connectivity index (χ0n) is 13.6. The second-order valence-electron chi connectivity index (χ2n) is 7.87. The number of nitrogens with zero attached hydrogens (tertiary/aromatic N) is 1. The predicted octanol–water partition coefficient (Wildman–Crippen LogP) is 3.69. The van der Waals surface area contributed by atoms with E-state index in [9.17, 15) is 14.9 Å². The molecule has 5 rings (SSSR count). The maximum Gasteiger partial charge on any atom is 0.269 e. The van der Waals surface area contributed by atoms with Crippen molar-refractivity contribution in [2.75, 3.05) is 0 Å². The third-order valence-electron chi connectivity index (χ3n) is 5.96. The maximum atomic E-state index is 12.4. The first-order chi connectivity index (χ1) is 11.5. The molecule has 126 valence electrons. The first-order valence-corrected chi connectivity index (χ1v) is 8.76. The average Bonchev–Trinajstić information content (AvgIpc) is 2.51. The van der Waals surface area contributed by atoms with Crippen molar-refractivity contribution in [2.24, 2.45) is 17.8 Å². The van der Waals surface area contributed by atoms with Crippen LogP contribution in [-0.4, -0.2) is 16.4 Å². The standard InChI is InChI=1S/C19H22N2O3/c22-18(6-3-13-1-4-17(5-2-13)21(23)24)20-19-10-14-7-15(11-19)9-16(8-14)12-19/h1-6,14-16H,7-12H2,(H,20,22)/b6-3+.